The van der Waals surface area contributed by atoms with Crippen LogP contribution < -0.4 is 4.74 Å². The van der Waals surface area contributed by atoms with Crippen molar-refractivity contribution in [3.63, 3.8) is 0 Å². The van der Waals surface area contributed by atoms with Crippen LogP contribution in [-0.2, 0) is 6.61 Å². The van der Waals surface area contributed by atoms with Crippen molar-refractivity contribution >= 4 is 5.97 Å². The molecule has 2 N–H and O–H groups in total. The quantitative estimate of drug-likeness (QED) is 0.889. The van der Waals surface area contributed by atoms with Crippen LogP contribution in [0, 0.1) is 5.82 Å². The number of ether oxygens (including phenoxy) is 1. The third-order valence-corrected chi connectivity index (χ3v) is 2.55. The highest BCUT2D eigenvalue weighted by molar-refractivity contribution is 5.91. The summed E-state index contributed by atoms with van der Waals surface area (Å²) in [6.07, 6.45) is 0. The number of rotatable bonds is 4. The first kappa shape index (κ1) is 12.9. The minimum absolute atomic E-state index is 0.0174. The van der Waals surface area contributed by atoms with Crippen molar-refractivity contribution in [1.29, 1.82) is 0 Å². The van der Waals surface area contributed by atoms with Gasteiger partial charge in [0.2, 0.25) is 0 Å². The number of hydrogen-bond donors (Lipinski definition) is 2. The predicted molar refractivity (Wildman–Crippen MR) is 65.8 cm³/mol. The van der Waals surface area contributed by atoms with E-state index in [1.54, 1.807) is 18.2 Å². The fraction of sp³-hybridized carbons (Fsp3) is 0.0714. The third kappa shape index (κ3) is 3.01. The zero-order chi connectivity index (χ0) is 13.8. The summed E-state index contributed by atoms with van der Waals surface area (Å²) >= 11 is 0. The number of aromatic carboxylic acids is 1. The number of carboxylic acids is 1. The second kappa shape index (κ2) is 5.39. The van der Waals surface area contributed by atoms with Crippen LogP contribution in [0.15, 0.2) is 42.5 Å². The van der Waals surface area contributed by atoms with Crippen LogP contribution in [0.25, 0.3) is 0 Å². The second-order valence-electron chi connectivity index (χ2n) is 3.86. The molecule has 19 heavy (non-hydrogen) atoms. The molecule has 98 valence electrons. The van der Waals surface area contributed by atoms with Crippen LogP contribution in [0.5, 0.6) is 11.5 Å². The minimum atomic E-state index is -1.26. The Bertz CT molecular complexity index is 610. The van der Waals surface area contributed by atoms with E-state index in [9.17, 15) is 14.3 Å². The minimum Gasteiger partial charge on any atom is -0.507 e. The zero-order valence-corrected chi connectivity index (χ0v) is 9.84. The Morgan fingerprint density at radius 2 is 1.95 bits per heavy atom. The van der Waals surface area contributed by atoms with Gasteiger partial charge in [-0.3, -0.25) is 0 Å². The SMILES string of the molecule is O=C(O)c1cc(OCc2ccccc2F)ccc1O. The van der Waals surface area contributed by atoms with Gasteiger partial charge in [0.05, 0.1) is 0 Å². The average molecular weight is 262 g/mol. The van der Waals surface area contributed by atoms with Crippen molar-refractivity contribution in [1.82, 2.24) is 0 Å². The van der Waals surface area contributed by atoms with Crippen LogP contribution in [0.4, 0.5) is 4.39 Å². The second-order valence-corrected chi connectivity index (χ2v) is 3.86. The van der Waals surface area contributed by atoms with E-state index in [4.69, 9.17) is 9.84 Å². The molecule has 0 aliphatic carbocycles. The summed E-state index contributed by atoms with van der Waals surface area (Å²) in [5, 5.41) is 18.2. The lowest BCUT2D eigenvalue weighted by molar-refractivity contribution is 0.0693. The van der Waals surface area contributed by atoms with Gasteiger partial charge in [-0.15, -0.1) is 0 Å². The van der Waals surface area contributed by atoms with Crippen molar-refractivity contribution in [2.75, 3.05) is 0 Å². The smallest absolute Gasteiger partial charge is 0.339 e. The molecule has 5 heteroatoms. The topological polar surface area (TPSA) is 66.8 Å². The molecule has 0 amide bonds. The number of aromatic hydroxyl groups is 1. The molecule has 0 aliphatic rings. The number of phenols is 1. The molecule has 0 fully saturated rings. The Hall–Kier alpha value is -2.56. The van der Waals surface area contributed by atoms with Gasteiger partial charge in [-0.1, -0.05) is 18.2 Å². The molecular weight excluding hydrogens is 251 g/mol. The summed E-state index contributed by atoms with van der Waals surface area (Å²) in [5.74, 6) is -1.74. The number of benzene rings is 2. The normalized spacial score (nSPS) is 10.2. The van der Waals surface area contributed by atoms with Crippen LogP contribution in [-0.4, -0.2) is 16.2 Å². The van der Waals surface area contributed by atoms with Crippen LogP contribution >= 0.6 is 0 Å². The summed E-state index contributed by atoms with van der Waals surface area (Å²) in [4.78, 5) is 10.8. The molecule has 2 rings (SSSR count). The Morgan fingerprint density at radius 3 is 2.63 bits per heavy atom. The molecule has 0 saturated heterocycles. The molecule has 2 aromatic rings. The summed E-state index contributed by atoms with van der Waals surface area (Å²) in [7, 11) is 0. The number of halogens is 1. The maximum absolute atomic E-state index is 13.3. The first-order valence-electron chi connectivity index (χ1n) is 5.50. The van der Waals surface area contributed by atoms with E-state index < -0.39 is 5.97 Å². The van der Waals surface area contributed by atoms with Gasteiger partial charge in [0.25, 0.3) is 0 Å². The van der Waals surface area contributed by atoms with Crippen molar-refractivity contribution in [2.24, 2.45) is 0 Å². The van der Waals surface area contributed by atoms with Crippen molar-refractivity contribution < 1.29 is 24.1 Å². The van der Waals surface area contributed by atoms with E-state index >= 15 is 0 Å². The number of hydrogen-bond acceptors (Lipinski definition) is 3. The molecule has 0 spiro atoms. The summed E-state index contributed by atoms with van der Waals surface area (Å²) in [6, 6.07) is 9.98. The fourth-order valence-corrected chi connectivity index (χ4v) is 1.55. The van der Waals surface area contributed by atoms with Crippen LogP contribution in [0.1, 0.15) is 15.9 Å². The molecule has 0 unspecified atom stereocenters. The fourth-order valence-electron chi connectivity index (χ4n) is 1.55. The standard InChI is InChI=1S/C14H11FO4/c15-12-4-2-1-3-9(12)8-19-10-5-6-13(16)11(7-10)14(17)18/h1-7,16H,8H2,(H,17,18). The lowest BCUT2D eigenvalue weighted by Gasteiger charge is -2.08. The van der Waals surface area contributed by atoms with E-state index in [2.05, 4.69) is 0 Å². The van der Waals surface area contributed by atoms with Gasteiger partial charge in [0, 0.05) is 5.56 Å². The Balaban J connectivity index is 2.14. The maximum Gasteiger partial charge on any atom is 0.339 e. The molecule has 2 aromatic carbocycles. The molecule has 0 aromatic heterocycles. The molecule has 0 saturated carbocycles. The molecular formula is C14H11FO4. The van der Waals surface area contributed by atoms with E-state index in [0.717, 1.165) is 0 Å². The van der Waals surface area contributed by atoms with Crippen LogP contribution in [0.2, 0.25) is 0 Å². The van der Waals surface area contributed by atoms with Crippen molar-refractivity contribution in [3.05, 3.63) is 59.4 Å². The highest BCUT2D eigenvalue weighted by Gasteiger charge is 2.11. The maximum atomic E-state index is 13.3. The molecule has 4 nitrogen and oxygen atoms in total. The highest BCUT2D eigenvalue weighted by Crippen LogP contribution is 2.23. The predicted octanol–water partition coefficient (Wildman–Crippen LogP) is 2.81. The van der Waals surface area contributed by atoms with Gasteiger partial charge in [0.15, 0.2) is 0 Å². The molecule has 0 atom stereocenters. The first-order valence-corrected chi connectivity index (χ1v) is 5.50. The summed E-state index contributed by atoms with van der Waals surface area (Å²) in [5.41, 5.74) is 0.110. The average Bonchev–Trinajstić information content (AvgIpc) is 2.39. The largest absolute Gasteiger partial charge is 0.507 e. The van der Waals surface area contributed by atoms with Gasteiger partial charge in [-0.2, -0.15) is 0 Å². The Labute approximate surface area is 108 Å². The van der Waals surface area contributed by atoms with Gasteiger partial charge in [-0.05, 0) is 24.3 Å². The molecule has 0 radical (unpaired) electrons. The summed E-state index contributed by atoms with van der Waals surface area (Å²) < 4.78 is 18.7. The Kier molecular flexibility index (Phi) is 3.66. The van der Waals surface area contributed by atoms with Gasteiger partial charge >= 0.3 is 5.97 Å². The Morgan fingerprint density at radius 1 is 1.21 bits per heavy atom. The van der Waals surface area contributed by atoms with E-state index in [-0.39, 0.29) is 29.5 Å². The zero-order valence-electron chi connectivity index (χ0n) is 9.84. The summed E-state index contributed by atoms with van der Waals surface area (Å²) in [6.45, 7) is -0.0174. The van der Waals surface area contributed by atoms with Gasteiger partial charge in [0.1, 0.15) is 29.5 Å². The molecule has 0 bridgehead atoms. The first-order chi connectivity index (χ1) is 9.08. The highest BCUT2D eigenvalue weighted by atomic mass is 19.1. The van der Waals surface area contributed by atoms with Crippen molar-refractivity contribution in [3.8, 4) is 11.5 Å². The van der Waals surface area contributed by atoms with E-state index in [0.29, 0.717) is 5.56 Å². The van der Waals surface area contributed by atoms with Gasteiger partial charge < -0.3 is 14.9 Å². The number of carbonyl (C=O) groups is 1. The van der Waals surface area contributed by atoms with E-state index in [1.165, 1.54) is 24.3 Å². The molecule has 0 heterocycles. The van der Waals surface area contributed by atoms with Crippen molar-refractivity contribution in [2.45, 2.75) is 6.61 Å². The third-order valence-electron chi connectivity index (χ3n) is 2.55. The molecule has 0 aliphatic heterocycles. The number of carboxylic acid groups (broad SMARTS) is 1. The lowest BCUT2D eigenvalue weighted by atomic mass is 10.2. The van der Waals surface area contributed by atoms with Gasteiger partial charge in [-0.25, -0.2) is 9.18 Å². The lowest BCUT2D eigenvalue weighted by Crippen LogP contribution is -2.01. The monoisotopic (exact) mass is 262 g/mol. The van der Waals surface area contributed by atoms with Crippen LogP contribution in [0.3, 0.4) is 0 Å². The van der Waals surface area contributed by atoms with E-state index in [1.807, 2.05) is 0 Å².